The molecule has 55 heavy (non-hydrogen) atoms. The Bertz CT molecular complexity index is 2290. The number of urea groups is 1. The number of rotatable bonds is 7. The van der Waals surface area contributed by atoms with Gasteiger partial charge in [0.05, 0.1) is 35.9 Å². The van der Waals surface area contributed by atoms with Crippen LogP contribution in [0, 0.1) is 5.92 Å². The van der Waals surface area contributed by atoms with Gasteiger partial charge in [-0.25, -0.2) is 18.6 Å². The lowest BCUT2D eigenvalue weighted by molar-refractivity contribution is -0.141. The van der Waals surface area contributed by atoms with Gasteiger partial charge in [0, 0.05) is 53.8 Å². The predicted octanol–water partition coefficient (Wildman–Crippen LogP) is 7.55. The lowest BCUT2D eigenvalue weighted by Crippen LogP contribution is -2.49. The van der Waals surface area contributed by atoms with Crippen LogP contribution in [0.4, 0.5) is 38.1 Å². The summed E-state index contributed by atoms with van der Waals surface area (Å²) in [6, 6.07) is 13.0. The molecular formula is C39H37F5N8O3. The third-order valence-electron chi connectivity index (χ3n) is 11.0. The second-order valence-corrected chi connectivity index (χ2v) is 14.6. The van der Waals surface area contributed by atoms with Crippen molar-refractivity contribution in [1.82, 2.24) is 30.0 Å². The highest BCUT2D eigenvalue weighted by Crippen LogP contribution is 2.44. The van der Waals surface area contributed by atoms with E-state index in [2.05, 4.69) is 20.6 Å². The van der Waals surface area contributed by atoms with Crippen LogP contribution in [0.1, 0.15) is 72.2 Å². The highest BCUT2D eigenvalue weighted by Gasteiger charge is 2.46. The minimum absolute atomic E-state index is 0.115. The highest BCUT2D eigenvalue weighted by atomic mass is 19.4. The lowest BCUT2D eigenvalue weighted by atomic mass is 9.82. The molecular weight excluding hydrogens is 723 g/mol. The van der Waals surface area contributed by atoms with Crippen LogP contribution in [0.3, 0.4) is 0 Å². The molecule has 11 nitrogen and oxygen atoms in total. The summed E-state index contributed by atoms with van der Waals surface area (Å²) in [5, 5.41) is 11.6. The Kier molecular flexibility index (Phi) is 9.47. The van der Waals surface area contributed by atoms with E-state index in [9.17, 15) is 27.6 Å². The number of anilines is 2. The summed E-state index contributed by atoms with van der Waals surface area (Å²) < 4.78 is 73.2. The molecule has 16 heteroatoms. The second kappa shape index (κ2) is 14.3. The van der Waals surface area contributed by atoms with Crippen LogP contribution in [-0.4, -0.2) is 74.6 Å². The molecule has 2 N–H and O–H groups in total. The van der Waals surface area contributed by atoms with E-state index in [4.69, 9.17) is 5.10 Å². The Morgan fingerprint density at radius 2 is 1.75 bits per heavy atom. The molecule has 5 heterocycles. The van der Waals surface area contributed by atoms with Gasteiger partial charge in [0.25, 0.3) is 11.8 Å². The van der Waals surface area contributed by atoms with E-state index >= 15 is 8.78 Å². The van der Waals surface area contributed by atoms with Gasteiger partial charge in [-0.15, -0.1) is 0 Å². The number of amides is 4. The Labute approximate surface area is 311 Å². The first-order valence-corrected chi connectivity index (χ1v) is 18.2. The van der Waals surface area contributed by atoms with Crippen LogP contribution >= 0.6 is 0 Å². The number of piperidine rings is 1. The fourth-order valence-corrected chi connectivity index (χ4v) is 8.25. The molecule has 3 aliphatic rings. The average molecular weight is 761 g/mol. The lowest BCUT2D eigenvalue weighted by Gasteiger charge is -2.41. The molecule has 286 valence electrons. The number of likely N-dealkylation sites (tertiary alicyclic amines) is 1. The van der Waals surface area contributed by atoms with Crippen LogP contribution in [0.2, 0.25) is 0 Å². The molecule has 4 amide bonds. The number of carbonyl (C=O) groups is 3. The number of aromatic nitrogens is 4. The van der Waals surface area contributed by atoms with Gasteiger partial charge in [-0.05, 0) is 80.5 Å². The first kappa shape index (κ1) is 36.5. The monoisotopic (exact) mass is 760 g/mol. The minimum atomic E-state index is -4.67. The largest absolute Gasteiger partial charge is 0.433 e. The zero-order valence-corrected chi connectivity index (χ0v) is 29.5. The molecule has 2 saturated heterocycles. The maximum Gasteiger partial charge on any atom is 0.433 e. The van der Waals surface area contributed by atoms with Crippen molar-refractivity contribution in [3.05, 3.63) is 90.1 Å². The normalized spacial score (nSPS) is 22.2. The van der Waals surface area contributed by atoms with Crippen LogP contribution < -0.4 is 15.5 Å². The zero-order valence-electron chi connectivity index (χ0n) is 29.5. The van der Waals surface area contributed by atoms with Crippen molar-refractivity contribution >= 4 is 50.9 Å². The maximum absolute atomic E-state index is 16.0. The first-order valence-electron chi connectivity index (χ1n) is 18.2. The van der Waals surface area contributed by atoms with Crippen LogP contribution in [0.15, 0.2) is 73.2 Å². The van der Waals surface area contributed by atoms with E-state index in [1.165, 1.54) is 17.2 Å². The summed E-state index contributed by atoms with van der Waals surface area (Å²) in [4.78, 5) is 48.0. The van der Waals surface area contributed by atoms with Gasteiger partial charge in [-0.3, -0.25) is 34.4 Å². The molecule has 2 aliphatic heterocycles. The SMILES string of the molecule is O=C1CCN(c2cncc3c(C4CCN(C[C@H]5CC[C@H](n6cc7cc(NC(=O)c8cccc(C(F)(F)F)n8)ccc7n6)CC5)CC4(F)F)cccc23)C(=O)N1. The number of nitrogens with one attached hydrogen (secondary N) is 2. The summed E-state index contributed by atoms with van der Waals surface area (Å²) in [7, 11) is 0. The van der Waals surface area contributed by atoms with Gasteiger partial charge < -0.3 is 5.32 Å². The number of halogens is 5. The Balaban J connectivity index is 0.876. The van der Waals surface area contributed by atoms with E-state index < -0.39 is 35.6 Å². The van der Waals surface area contributed by atoms with Gasteiger partial charge in [0.2, 0.25) is 5.91 Å². The average Bonchev–Trinajstić information content (AvgIpc) is 3.58. The Morgan fingerprint density at radius 3 is 2.51 bits per heavy atom. The van der Waals surface area contributed by atoms with E-state index in [0.717, 1.165) is 43.2 Å². The molecule has 0 radical (unpaired) electrons. The zero-order chi connectivity index (χ0) is 38.5. The number of pyridine rings is 2. The molecule has 3 fully saturated rings. The molecule has 1 aliphatic carbocycles. The van der Waals surface area contributed by atoms with E-state index in [1.54, 1.807) is 42.6 Å². The number of nitrogens with zero attached hydrogens (tertiary/aromatic N) is 6. The molecule has 8 rings (SSSR count). The first-order chi connectivity index (χ1) is 26.3. The Morgan fingerprint density at radius 1 is 0.945 bits per heavy atom. The Hall–Kier alpha value is -5.51. The molecule has 5 aromatic rings. The quantitative estimate of drug-likeness (QED) is 0.164. The molecule has 1 atom stereocenters. The summed E-state index contributed by atoms with van der Waals surface area (Å²) in [6.45, 7) is 0.921. The van der Waals surface area contributed by atoms with Crippen LogP contribution in [-0.2, 0) is 11.0 Å². The van der Waals surface area contributed by atoms with Gasteiger partial charge >= 0.3 is 12.2 Å². The van der Waals surface area contributed by atoms with Crippen LogP contribution in [0.25, 0.3) is 21.7 Å². The summed E-state index contributed by atoms with van der Waals surface area (Å²) in [6.07, 6.45) is 4.08. The number of hydrogen-bond donors (Lipinski definition) is 2. The van der Waals surface area contributed by atoms with Gasteiger partial charge in [0.1, 0.15) is 11.4 Å². The highest BCUT2D eigenvalue weighted by molar-refractivity contribution is 6.10. The number of alkyl halides is 5. The third-order valence-corrected chi connectivity index (χ3v) is 11.0. The number of carbonyl (C=O) groups excluding carboxylic acids is 3. The summed E-state index contributed by atoms with van der Waals surface area (Å²) >= 11 is 0. The van der Waals surface area contributed by atoms with Crippen molar-refractivity contribution in [1.29, 1.82) is 0 Å². The van der Waals surface area contributed by atoms with Crippen molar-refractivity contribution in [2.24, 2.45) is 5.92 Å². The molecule has 2 aromatic carbocycles. The summed E-state index contributed by atoms with van der Waals surface area (Å²) in [5.41, 5.74) is 0.583. The molecule has 1 saturated carbocycles. The topological polar surface area (TPSA) is 125 Å². The molecule has 3 aromatic heterocycles. The summed E-state index contributed by atoms with van der Waals surface area (Å²) in [5.74, 6) is -4.87. The van der Waals surface area contributed by atoms with Crippen molar-refractivity contribution in [2.75, 3.05) is 36.4 Å². The number of imide groups is 1. The number of benzene rings is 2. The maximum atomic E-state index is 16.0. The van der Waals surface area contributed by atoms with Crippen molar-refractivity contribution in [3.8, 4) is 0 Å². The van der Waals surface area contributed by atoms with E-state index in [0.29, 0.717) is 46.3 Å². The standard InChI is InChI=1S/C39H37F5N8O3/c40-38(41)22-50(15-13-30(38)27-3-1-4-28-29(27)18-45-19-33(28)51-16-14-35(53)48-37(51)55)20-23-7-10-26(11-8-23)52-21-24-17-25(9-12-31(24)49-52)46-36(54)32-5-2-6-34(47-32)39(42,43)44/h1-6,9,12,17-19,21,23,26,30H,7-8,10-11,13-16,20,22H2,(H,46,54)(H,48,53,55)/t23-,26-,30?. The fourth-order valence-electron chi connectivity index (χ4n) is 8.25. The van der Waals surface area contributed by atoms with Crippen molar-refractivity contribution in [3.63, 3.8) is 0 Å². The van der Waals surface area contributed by atoms with Crippen molar-refractivity contribution in [2.45, 2.75) is 62.6 Å². The third kappa shape index (κ3) is 7.46. The van der Waals surface area contributed by atoms with Gasteiger partial charge in [0.15, 0.2) is 0 Å². The fraction of sp³-hybridized carbons (Fsp3) is 0.385. The van der Waals surface area contributed by atoms with Crippen molar-refractivity contribution < 1.29 is 36.3 Å². The van der Waals surface area contributed by atoms with Gasteiger partial charge in [-0.1, -0.05) is 24.3 Å². The van der Waals surface area contributed by atoms with E-state index in [-0.39, 0.29) is 49.5 Å². The minimum Gasteiger partial charge on any atom is -0.321 e. The van der Waals surface area contributed by atoms with E-state index in [1.807, 2.05) is 15.8 Å². The molecule has 0 bridgehead atoms. The van der Waals surface area contributed by atoms with Crippen LogP contribution in [0.5, 0.6) is 0 Å². The number of fused-ring (bicyclic) bond motifs is 2. The molecule has 0 spiro atoms. The predicted molar refractivity (Wildman–Crippen MR) is 194 cm³/mol. The smallest absolute Gasteiger partial charge is 0.321 e. The second-order valence-electron chi connectivity index (χ2n) is 14.6. The number of hydrogen-bond acceptors (Lipinski definition) is 7. The molecule has 1 unspecified atom stereocenters. The van der Waals surface area contributed by atoms with Gasteiger partial charge in [-0.2, -0.15) is 18.3 Å².